The van der Waals surface area contributed by atoms with Crippen molar-refractivity contribution in [3.05, 3.63) is 39.6 Å². The fourth-order valence-electron chi connectivity index (χ4n) is 4.53. The molecule has 1 spiro atoms. The minimum absolute atomic E-state index is 0.465. The highest BCUT2D eigenvalue weighted by Gasteiger charge is 2.56. The van der Waals surface area contributed by atoms with Gasteiger partial charge < -0.3 is 4.90 Å². The molecule has 0 radical (unpaired) electrons. The lowest BCUT2D eigenvalue weighted by Gasteiger charge is -2.36. The molecule has 26 heavy (non-hydrogen) atoms. The van der Waals surface area contributed by atoms with Gasteiger partial charge in [-0.05, 0) is 51.6 Å². The summed E-state index contributed by atoms with van der Waals surface area (Å²) in [6, 6.07) is 5.10. The van der Waals surface area contributed by atoms with E-state index < -0.39 is 0 Å². The maximum atomic E-state index is 9.54. The van der Waals surface area contributed by atoms with Crippen LogP contribution in [0.15, 0.2) is 17.6 Å². The molecule has 5 nitrogen and oxygen atoms in total. The number of aromatic nitrogens is 2. The van der Waals surface area contributed by atoms with Gasteiger partial charge in [0.15, 0.2) is 0 Å². The molecule has 0 aromatic carbocycles. The molecule has 3 heterocycles. The highest BCUT2D eigenvalue weighted by molar-refractivity contribution is 7.09. The molecule has 1 saturated heterocycles. The smallest absolute Gasteiger partial charge is 0.107 e. The van der Waals surface area contributed by atoms with Gasteiger partial charge in [0.25, 0.3) is 0 Å². The van der Waals surface area contributed by atoms with E-state index in [0.717, 1.165) is 42.3 Å². The second-order valence-electron chi connectivity index (χ2n) is 7.77. The van der Waals surface area contributed by atoms with Crippen molar-refractivity contribution in [1.29, 1.82) is 5.26 Å². The average Bonchev–Trinajstić information content (AvgIpc) is 3.06. The summed E-state index contributed by atoms with van der Waals surface area (Å²) in [6.07, 6.45) is 5.58. The number of thiazole rings is 1. The fraction of sp³-hybridized carbons (Fsp3) is 0.550. The zero-order chi connectivity index (χ0) is 18.3. The largest absolute Gasteiger partial charge is 0.370 e. The minimum atomic E-state index is 0.465. The van der Waals surface area contributed by atoms with E-state index in [2.05, 4.69) is 44.3 Å². The van der Waals surface area contributed by atoms with Gasteiger partial charge in [-0.2, -0.15) is 5.26 Å². The molecule has 2 aromatic heterocycles. The quantitative estimate of drug-likeness (QED) is 0.828. The zero-order valence-electron chi connectivity index (χ0n) is 15.7. The summed E-state index contributed by atoms with van der Waals surface area (Å²) in [4.78, 5) is 13.7. The average molecular weight is 368 g/mol. The van der Waals surface area contributed by atoms with E-state index in [4.69, 9.17) is 0 Å². The molecule has 6 heteroatoms. The van der Waals surface area contributed by atoms with Crippen molar-refractivity contribution in [2.75, 3.05) is 25.0 Å². The number of rotatable bonds is 4. The predicted octanol–water partition coefficient (Wildman–Crippen LogP) is 3.52. The van der Waals surface area contributed by atoms with Gasteiger partial charge in [-0.25, -0.2) is 4.98 Å². The number of hydrogen-bond donors (Lipinski definition) is 0. The van der Waals surface area contributed by atoms with Crippen molar-refractivity contribution >= 4 is 17.0 Å². The SMILES string of the molecule is Cc1cc(N2CCC3(CC2)C[C@H]3N(C)Cc2nccs2)c(C#N)c(C)n1. The summed E-state index contributed by atoms with van der Waals surface area (Å²) in [6.45, 7) is 6.95. The molecule has 136 valence electrons. The Morgan fingerprint density at radius 2 is 2.15 bits per heavy atom. The lowest BCUT2D eigenvalue weighted by Crippen LogP contribution is -2.38. The van der Waals surface area contributed by atoms with E-state index in [1.165, 1.54) is 24.3 Å². The van der Waals surface area contributed by atoms with Crippen molar-refractivity contribution < 1.29 is 0 Å². The third-order valence-corrected chi connectivity index (χ3v) is 6.83. The van der Waals surface area contributed by atoms with Crippen molar-refractivity contribution in [1.82, 2.24) is 14.9 Å². The van der Waals surface area contributed by atoms with Crippen LogP contribution in [0.25, 0.3) is 0 Å². The Balaban J connectivity index is 1.42. The Morgan fingerprint density at radius 1 is 1.38 bits per heavy atom. The molecule has 1 saturated carbocycles. The van der Waals surface area contributed by atoms with Gasteiger partial charge in [-0.1, -0.05) is 0 Å². The van der Waals surface area contributed by atoms with Gasteiger partial charge in [-0.3, -0.25) is 9.88 Å². The van der Waals surface area contributed by atoms with E-state index >= 15 is 0 Å². The van der Waals surface area contributed by atoms with Crippen LogP contribution in [-0.4, -0.2) is 41.0 Å². The molecule has 2 fully saturated rings. The van der Waals surface area contributed by atoms with E-state index in [9.17, 15) is 5.26 Å². The van der Waals surface area contributed by atoms with Gasteiger partial charge in [0.1, 0.15) is 11.1 Å². The van der Waals surface area contributed by atoms with E-state index in [-0.39, 0.29) is 0 Å². The number of anilines is 1. The second kappa shape index (κ2) is 6.64. The van der Waals surface area contributed by atoms with E-state index in [1.807, 2.05) is 20.0 Å². The first-order chi connectivity index (χ1) is 12.5. The molecule has 2 aliphatic rings. The van der Waals surface area contributed by atoms with Crippen molar-refractivity contribution in [2.24, 2.45) is 5.41 Å². The van der Waals surface area contributed by atoms with Crippen LogP contribution in [0, 0.1) is 30.6 Å². The summed E-state index contributed by atoms with van der Waals surface area (Å²) in [5, 5.41) is 12.8. The van der Waals surface area contributed by atoms with Crippen LogP contribution < -0.4 is 4.90 Å². The Morgan fingerprint density at radius 3 is 2.81 bits per heavy atom. The number of nitriles is 1. The topological polar surface area (TPSA) is 56.0 Å². The van der Waals surface area contributed by atoms with Gasteiger partial charge in [0, 0.05) is 36.4 Å². The molecule has 0 unspecified atom stereocenters. The van der Waals surface area contributed by atoms with E-state index in [1.54, 1.807) is 11.3 Å². The highest BCUT2D eigenvalue weighted by atomic mass is 32.1. The minimum Gasteiger partial charge on any atom is -0.370 e. The Hall–Kier alpha value is -1.97. The van der Waals surface area contributed by atoms with Crippen LogP contribution in [0.3, 0.4) is 0 Å². The zero-order valence-corrected chi connectivity index (χ0v) is 16.5. The first-order valence-corrected chi connectivity index (χ1v) is 10.1. The number of nitrogens with zero attached hydrogens (tertiary/aromatic N) is 5. The molecule has 4 rings (SSSR count). The van der Waals surface area contributed by atoms with Crippen LogP contribution in [0.5, 0.6) is 0 Å². The molecule has 1 atom stereocenters. The third kappa shape index (κ3) is 3.10. The third-order valence-electron chi connectivity index (χ3n) is 6.07. The van der Waals surface area contributed by atoms with Crippen molar-refractivity contribution in [3.8, 4) is 6.07 Å². The first-order valence-electron chi connectivity index (χ1n) is 9.24. The lowest BCUT2D eigenvalue weighted by molar-refractivity contribution is 0.239. The molecule has 1 aliphatic carbocycles. The van der Waals surface area contributed by atoms with Gasteiger partial charge in [0.2, 0.25) is 0 Å². The summed E-state index contributed by atoms with van der Waals surface area (Å²) < 4.78 is 0. The van der Waals surface area contributed by atoms with Gasteiger partial charge in [0.05, 0.1) is 23.5 Å². The number of piperidine rings is 1. The molecular formula is C20H25N5S. The van der Waals surface area contributed by atoms with Crippen molar-refractivity contribution in [3.63, 3.8) is 0 Å². The maximum Gasteiger partial charge on any atom is 0.107 e. The predicted molar refractivity (Wildman–Crippen MR) is 104 cm³/mol. The molecular weight excluding hydrogens is 342 g/mol. The summed E-state index contributed by atoms with van der Waals surface area (Å²) in [5.74, 6) is 0. The Labute approximate surface area is 159 Å². The van der Waals surface area contributed by atoms with Crippen molar-refractivity contribution in [2.45, 2.75) is 45.7 Å². The summed E-state index contributed by atoms with van der Waals surface area (Å²) in [7, 11) is 2.23. The normalized spacial score (nSPS) is 21.2. The summed E-state index contributed by atoms with van der Waals surface area (Å²) >= 11 is 1.74. The first kappa shape index (κ1) is 17.4. The second-order valence-corrected chi connectivity index (χ2v) is 8.74. The molecule has 2 aromatic rings. The van der Waals surface area contributed by atoms with Gasteiger partial charge >= 0.3 is 0 Å². The summed E-state index contributed by atoms with van der Waals surface area (Å²) in [5.41, 5.74) is 4.10. The molecule has 0 amide bonds. The molecule has 1 aliphatic heterocycles. The van der Waals surface area contributed by atoms with Gasteiger partial charge in [-0.15, -0.1) is 11.3 Å². The standard InChI is InChI=1S/C20H25N5S/c1-14-10-17(16(12-21)15(2)23-14)25-7-4-20(5-8-25)11-18(20)24(3)13-19-22-6-9-26-19/h6,9-10,18H,4-5,7-8,11,13H2,1-3H3/t18-/m1/s1. The van der Waals surface area contributed by atoms with Crippen LogP contribution in [0.2, 0.25) is 0 Å². The Bertz CT molecular complexity index is 831. The Kier molecular flexibility index (Phi) is 4.45. The van der Waals surface area contributed by atoms with Crippen LogP contribution in [0.1, 0.15) is 41.2 Å². The van der Waals surface area contributed by atoms with Crippen LogP contribution in [-0.2, 0) is 6.54 Å². The number of hydrogen-bond acceptors (Lipinski definition) is 6. The molecule has 0 N–H and O–H groups in total. The number of aryl methyl sites for hydroxylation is 2. The van der Waals surface area contributed by atoms with Crippen LogP contribution >= 0.6 is 11.3 Å². The number of pyridine rings is 1. The lowest BCUT2D eigenvalue weighted by atomic mass is 9.91. The molecule has 0 bridgehead atoms. The fourth-order valence-corrected chi connectivity index (χ4v) is 5.21. The maximum absolute atomic E-state index is 9.54. The highest BCUT2D eigenvalue weighted by Crippen LogP contribution is 2.57. The monoisotopic (exact) mass is 367 g/mol. The van der Waals surface area contributed by atoms with E-state index in [0.29, 0.717) is 11.5 Å². The van der Waals surface area contributed by atoms with Crippen LogP contribution in [0.4, 0.5) is 5.69 Å².